The van der Waals surface area contributed by atoms with Crippen molar-refractivity contribution in [3.05, 3.63) is 108 Å². The molecule has 3 aromatic carbocycles. The number of rotatable bonds is 0. The highest BCUT2D eigenvalue weighted by molar-refractivity contribution is 6.16. The maximum Gasteiger partial charge on any atom is 0.146 e. The summed E-state index contributed by atoms with van der Waals surface area (Å²) in [6.45, 7) is 0. The Hall–Kier alpha value is -4.57. The largest absolute Gasteiger partial charge is 0.289 e. The molecular weight excluding hydrogens is 428 g/mol. The van der Waals surface area contributed by atoms with Gasteiger partial charge in [-0.1, -0.05) is 42.5 Å². The first-order valence-electron chi connectivity index (χ1n) is 12.0. The number of nitrogens with zero attached hydrogens (tertiary/aromatic N) is 4. The Kier molecular flexibility index (Phi) is 3.11. The molecule has 4 aromatic heterocycles. The molecule has 0 spiro atoms. The van der Waals surface area contributed by atoms with Crippen molar-refractivity contribution < 1.29 is 0 Å². The first kappa shape index (κ1) is 17.8. The van der Waals surface area contributed by atoms with Gasteiger partial charge in [0.15, 0.2) is 0 Å². The van der Waals surface area contributed by atoms with Crippen LogP contribution < -0.4 is 0 Å². The molecule has 35 heavy (non-hydrogen) atoms. The summed E-state index contributed by atoms with van der Waals surface area (Å²) >= 11 is 0. The third kappa shape index (κ3) is 2.11. The predicted molar refractivity (Wildman–Crippen MR) is 140 cm³/mol. The van der Waals surface area contributed by atoms with Gasteiger partial charge in [0.05, 0.1) is 28.3 Å². The van der Waals surface area contributed by atoms with E-state index >= 15 is 0 Å². The van der Waals surface area contributed by atoms with Crippen LogP contribution in [-0.2, 0) is 12.8 Å². The molecule has 0 aliphatic heterocycles. The molecule has 0 amide bonds. The van der Waals surface area contributed by atoms with Crippen molar-refractivity contribution in [1.82, 2.24) is 19.4 Å². The summed E-state index contributed by atoms with van der Waals surface area (Å²) < 4.78 is 2.22. The van der Waals surface area contributed by atoms with Crippen LogP contribution in [0.15, 0.2) is 85.3 Å². The van der Waals surface area contributed by atoms with Crippen LogP contribution in [0, 0.1) is 0 Å². The van der Waals surface area contributed by atoms with E-state index in [0.29, 0.717) is 0 Å². The normalized spacial score (nSPS) is 13.5. The van der Waals surface area contributed by atoms with Crippen LogP contribution >= 0.6 is 0 Å². The van der Waals surface area contributed by atoms with Gasteiger partial charge in [-0.05, 0) is 81.6 Å². The van der Waals surface area contributed by atoms with Gasteiger partial charge in [-0.2, -0.15) is 0 Å². The number of hydrogen-bond donors (Lipinski definition) is 0. The van der Waals surface area contributed by atoms with Crippen molar-refractivity contribution >= 4 is 38.5 Å². The van der Waals surface area contributed by atoms with E-state index in [1.807, 2.05) is 30.7 Å². The molecule has 162 valence electrons. The molecule has 0 saturated carbocycles. The third-order valence-electron chi connectivity index (χ3n) is 7.96. The van der Waals surface area contributed by atoms with Crippen LogP contribution in [0.3, 0.4) is 0 Å². The number of aromatic nitrogens is 4. The fourth-order valence-electron chi connectivity index (χ4n) is 6.55. The summed E-state index contributed by atoms with van der Waals surface area (Å²) in [7, 11) is 0. The number of hydrogen-bond acceptors (Lipinski definition) is 3. The second-order valence-electron chi connectivity index (χ2n) is 9.67. The van der Waals surface area contributed by atoms with Crippen molar-refractivity contribution in [3.8, 4) is 22.3 Å². The third-order valence-corrected chi connectivity index (χ3v) is 7.96. The Morgan fingerprint density at radius 2 is 1.57 bits per heavy atom. The minimum Gasteiger partial charge on any atom is -0.289 e. The van der Waals surface area contributed by atoms with Crippen molar-refractivity contribution in [2.24, 2.45) is 0 Å². The van der Waals surface area contributed by atoms with Crippen LogP contribution in [0.5, 0.6) is 0 Å². The van der Waals surface area contributed by atoms with E-state index in [0.717, 1.165) is 45.9 Å². The quantitative estimate of drug-likeness (QED) is 0.243. The lowest BCUT2D eigenvalue weighted by atomic mass is 9.93. The van der Waals surface area contributed by atoms with Gasteiger partial charge < -0.3 is 0 Å². The molecule has 0 radical (unpaired) electrons. The summed E-state index contributed by atoms with van der Waals surface area (Å²) in [4.78, 5) is 14.4. The predicted octanol–water partition coefficient (Wildman–Crippen LogP) is 6.73. The SMILES string of the molecule is c1ccc2c(c1)Cc1ccc3c(c1-2)-c1ccc2c(c1C3)c1ncccc1n1c3cnccc3nc21. The second kappa shape index (κ2) is 6.10. The van der Waals surface area contributed by atoms with Gasteiger partial charge in [0.25, 0.3) is 0 Å². The van der Waals surface area contributed by atoms with Gasteiger partial charge in [0, 0.05) is 23.2 Å². The highest BCUT2D eigenvalue weighted by Crippen LogP contribution is 2.51. The second-order valence-corrected chi connectivity index (χ2v) is 9.67. The average molecular weight is 447 g/mol. The zero-order chi connectivity index (χ0) is 22.7. The Bertz CT molecular complexity index is 2070. The van der Waals surface area contributed by atoms with Gasteiger partial charge in [-0.3, -0.25) is 14.4 Å². The van der Waals surface area contributed by atoms with Crippen molar-refractivity contribution in [2.45, 2.75) is 12.8 Å². The van der Waals surface area contributed by atoms with E-state index in [2.05, 4.69) is 64.0 Å². The minimum atomic E-state index is 0.918. The highest BCUT2D eigenvalue weighted by Gasteiger charge is 2.30. The molecule has 0 fully saturated rings. The first-order chi connectivity index (χ1) is 17.4. The molecule has 0 unspecified atom stereocenters. The van der Waals surface area contributed by atoms with Crippen LogP contribution in [-0.4, -0.2) is 19.4 Å². The molecule has 4 heterocycles. The van der Waals surface area contributed by atoms with Crippen molar-refractivity contribution in [2.75, 3.05) is 0 Å². The number of pyridine rings is 3. The lowest BCUT2D eigenvalue weighted by Crippen LogP contribution is -1.96. The Morgan fingerprint density at radius 1 is 0.686 bits per heavy atom. The molecule has 7 aromatic rings. The summed E-state index contributed by atoms with van der Waals surface area (Å²) in [5.41, 5.74) is 16.2. The maximum absolute atomic E-state index is 5.05. The van der Waals surface area contributed by atoms with Gasteiger partial charge in [-0.25, -0.2) is 4.98 Å². The molecular formula is C31H18N4. The number of fused-ring (bicyclic) bond motifs is 16. The Balaban J connectivity index is 1.45. The molecule has 4 heteroatoms. The summed E-state index contributed by atoms with van der Waals surface area (Å²) in [6, 6.07) is 24.3. The summed E-state index contributed by atoms with van der Waals surface area (Å²) in [6.07, 6.45) is 7.55. The molecule has 0 bridgehead atoms. The molecule has 9 rings (SSSR count). The van der Waals surface area contributed by atoms with E-state index < -0.39 is 0 Å². The Labute approximate surface area is 200 Å². The lowest BCUT2D eigenvalue weighted by Gasteiger charge is -2.13. The fourth-order valence-corrected chi connectivity index (χ4v) is 6.55. The standard InChI is InChI=1S/C31H18N4/c1-2-5-20-17(4-1)14-18-7-8-19-15-23-21(28(19)27(18)20)9-10-22-29(23)30-25(6-3-12-33-30)35-26-16-32-13-11-24(26)34-31(22)35/h1-13,16H,14-15H2. The number of imidazole rings is 1. The molecule has 0 saturated heterocycles. The summed E-state index contributed by atoms with van der Waals surface area (Å²) in [5.74, 6) is 0. The van der Waals surface area contributed by atoms with Crippen LogP contribution in [0.2, 0.25) is 0 Å². The maximum atomic E-state index is 5.05. The van der Waals surface area contributed by atoms with Gasteiger partial charge in [0.2, 0.25) is 0 Å². The van der Waals surface area contributed by atoms with Crippen molar-refractivity contribution in [3.63, 3.8) is 0 Å². The van der Waals surface area contributed by atoms with Gasteiger partial charge >= 0.3 is 0 Å². The fraction of sp³-hybridized carbons (Fsp3) is 0.0645. The topological polar surface area (TPSA) is 43.1 Å². The van der Waals surface area contributed by atoms with E-state index in [9.17, 15) is 0 Å². The smallest absolute Gasteiger partial charge is 0.146 e. The van der Waals surface area contributed by atoms with E-state index in [1.54, 1.807) is 0 Å². The van der Waals surface area contributed by atoms with E-state index in [1.165, 1.54) is 49.9 Å². The first-order valence-corrected chi connectivity index (χ1v) is 12.0. The van der Waals surface area contributed by atoms with Crippen LogP contribution in [0.1, 0.15) is 22.3 Å². The molecule has 2 aliphatic carbocycles. The molecule has 4 nitrogen and oxygen atoms in total. The average Bonchev–Trinajstić information content (AvgIpc) is 3.59. The zero-order valence-electron chi connectivity index (χ0n) is 18.8. The Morgan fingerprint density at radius 3 is 2.54 bits per heavy atom. The van der Waals surface area contributed by atoms with Crippen molar-refractivity contribution in [1.29, 1.82) is 0 Å². The zero-order valence-corrected chi connectivity index (χ0v) is 18.8. The van der Waals surface area contributed by atoms with Crippen LogP contribution in [0.25, 0.3) is 60.7 Å². The van der Waals surface area contributed by atoms with E-state index in [-0.39, 0.29) is 0 Å². The molecule has 2 aliphatic rings. The molecule has 0 N–H and O–H groups in total. The lowest BCUT2D eigenvalue weighted by molar-refractivity contribution is 1.24. The summed E-state index contributed by atoms with van der Waals surface area (Å²) in [5, 5.41) is 2.38. The van der Waals surface area contributed by atoms with E-state index in [4.69, 9.17) is 9.97 Å². The monoisotopic (exact) mass is 446 g/mol. The van der Waals surface area contributed by atoms with Gasteiger partial charge in [0.1, 0.15) is 5.65 Å². The van der Waals surface area contributed by atoms with Gasteiger partial charge in [-0.15, -0.1) is 0 Å². The molecule has 0 atom stereocenters. The highest BCUT2D eigenvalue weighted by atomic mass is 15.0. The number of benzene rings is 3. The van der Waals surface area contributed by atoms with Crippen LogP contribution in [0.4, 0.5) is 0 Å². The minimum absolute atomic E-state index is 0.918.